The first-order valence-corrected chi connectivity index (χ1v) is 8.86. The molecular weight excluding hydrogens is 342 g/mol. The number of amides is 1. The van der Waals surface area contributed by atoms with E-state index in [0.717, 1.165) is 17.0 Å². The highest BCUT2D eigenvalue weighted by molar-refractivity contribution is 5.94. The van der Waals surface area contributed by atoms with E-state index >= 15 is 0 Å². The van der Waals surface area contributed by atoms with Crippen LogP contribution in [0.25, 0.3) is 5.69 Å². The van der Waals surface area contributed by atoms with E-state index in [2.05, 4.69) is 10.3 Å². The lowest BCUT2D eigenvalue weighted by atomic mass is 10.1. The van der Waals surface area contributed by atoms with Crippen LogP contribution in [0, 0.1) is 6.92 Å². The summed E-state index contributed by atoms with van der Waals surface area (Å²) in [5.41, 5.74) is 2.77. The molecule has 27 heavy (non-hydrogen) atoms. The van der Waals surface area contributed by atoms with Crippen LogP contribution >= 0.6 is 0 Å². The minimum absolute atomic E-state index is 0.0645. The molecule has 140 valence electrons. The second kappa shape index (κ2) is 7.95. The van der Waals surface area contributed by atoms with Gasteiger partial charge in [-0.2, -0.15) is 0 Å². The average Bonchev–Trinajstić information content (AvgIpc) is 2.99. The summed E-state index contributed by atoms with van der Waals surface area (Å²) in [6.45, 7) is 6.15. The highest BCUT2D eigenvalue weighted by Crippen LogP contribution is 2.19. The zero-order chi connectivity index (χ0) is 19.4. The van der Waals surface area contributed by atoms with E-state index < -0.39 is 0 Å². The third-order valence-electron chi connectivity index (χ3n) is 4.12. The molecule has 6 heteroatoms. The lowest BCUT2D eigenvalue weighted by Gasteiger charge is -2.14. The van der Waals surface area contributed by atoms with Crippen LogP contribution in [0.2, 0.25) is 0 Å². The zero-order valence-electron chi connectivity index (χ0n) is 15.7. The Bertz CT molecular complexity index is 984. The molecule has 2 aromatic carbocycles. The minimum atomic E-state index is -0.202. The minimum Gasteiger partial charge on any atom is -0.491 e. The number of carbonyl (C=O) groups is 1. The van der Waals surface area contributed by atoms with Crippen LogP contribution in [0.5, 0.6) is 5.75 Å². The third-order valence-corrected chi connectivity index (χ3v) is 4.12. The van der Waals surface area contributed by atoms with Gasteiger partial charge in [0.25, 0.3) is 5.91 Å². The molecule has 3 rings (SSSR count). The van der Waals surface area contributed by atoms with Crippen molar-refractivity contribution in [3.63, 3.8) is 0 Å². The Morgan fingerprint density at radius 2 is 1.85 bits per heavy atom. The van der Waals surface area contributed by atoms with Crippen molar-refractivity contribution in [1.82, 2.24) is 14.9 Å². The summed E-state index contributed by atoms with van der Waals surface area (Å²) in [6, 6.07) is 14.6. The van der Waals surface area contributed by atoms with Crippen LogP contribution in [0.1, 0.15) is 35.5 Å². The largest absolute Gasteiger partial charge is 0.491 e. The lowest BCUT2D eigenvalue weighted by Crippen LogP contribution is -2.23. The quantitative estimate of drug-likeness (QED) is 0.704. The number of nitrogens with zero attached hydrogens (tertiary/aromatic N) is 1. The predicted molar refractivity (Wildman–Crippen MR) is 105 cm³/mol. The molecule has 6 nitrogen and oxygen atoms in total. The molecule has 0 radical (unpaired) electrons. The van der Waals surface area contributed by atoms with Crippen molar-refractivity contribution >= 4 is 5.91 Å². The molecule has 1 heterocycles. The van der Waals surface area contributed by atoms with Gasteiger partial charge in [0, 0.05) is 29.6 Å². The van der Waals surface area contributed by atoms with Crippen LogP contribution in [-0.2, 0) is 6.54 Å². The van der Waals surface area contributed by atoms with Gasteiger partial charge < -0.3 is 15.0 Å². The summed E-state index contributed by atoms with van der Waals surface area (Å²) in [5.74, 6) is 0.587. The van der Waals surface area contributed by atoms with Gasteiger partial charge in [-0.3, -0.25) is 9.36 Å². The number of carbonyl (C=O) groups excluding carboxylic acids is 1. The van der Waals surface area contributed by atoms with Crippen LogP contribution in [0.4, 0.5) is 0 Å². The van der Waals surface area contributed by atoms with E-state index in [1.807, 2.05) is 45.0 Å². The van der Waals surface area contributed by atoms with Crippen LogP contribution in [0.3, 0.4) is 0 Å². The van der Waals surface area contributed by atoms with Gasteiger partial charge in [-0.25, -0.2) is 4.79 Å². The molecule has 0 saturated heterocycles. The molecule has 0 aliphatic carbocycles. The van der Waals surface area contributed by atoms with Crippen LogP contribution < -0.4 is 15.7 Å². The van der Waals surface area contributed by atoms with Gasteiger partial charge in [0.15, 0.2) is 0 Å². The topological polar surface area (TPSA) is 76.1 Å². The van der Waals surface area contributed by atoms with Crippen molar-refractivity contribution < 1.29 is 9.53 Å². The fourth-order valence-electron chi connectivity index (χ4n) is 2.83. The number of hydrogen-bond donors (Lipinski definition) is 2. The second-order valence-electron chi connectivity index (χ2n) is 6.57. The number of nitrogens with one attached hydrogen (secondary N) is 2. The molecule has 0 bridgehead atoms. The fourth-order valence-corrected chi connectivity index (χ4v) is 2.83. The van der Waals surface area contributed by atoms with E-state index in [0.29, 0.717) is 17.8 Å². The number of aromatic amines is 1. The second-order valence-corrected chi connectivity index (χ2v) is 6.57. The first-order valence-electron chi connectivity index (χ1n) is 8.86. The highest BCUT2D eigenvalue weighted by atomic mass is 16.5. The molecule has 0 fully saturated rings. The molecule has 0 atom stereocenters. The number of benzene rings is 2. The summed E-state index contributed by atoms with van der Waals surface area (Å²) in [4.78, 5) is 26.9. The van der Waals surface area contributed by atoms with Crippen molar-refractivity contribution in [1.29, 1.82) is 0 Å². The monoisotopic (exact) mass is 365 g/mol. The van der Waals surface area contributed by atoms with Crippen molar-refractivity contribution in [3.05, 3.63) is 82.0 Å². The molecule has 0 aliphatic rings. The van der Waals surface area contributed by atoms with E-state index in [1.165, 1.54) is 0 Å². The Hall–Kier alpha value is -3.28. The molecule has 3 aromatic rings. The maximum absolute atomic E-state index is 12.5. The molecule has 0 saturated carbocycles. The zero-order valence-corrected chi connectivity index (χ0v) is 15.7. The first kappa shape index (κ1) is 18.5. The Morgan fingerprint density at radius 3 is 2.48 bits per heavy atom. The number of ether oxygens (including phenoxy) is 1. The Labute approximate surface area is 157 Å². The number of imidazole rings is 1. The van der Waals surface area contributed by atoms with Gasteiger partial charge in [-0.15, -0.1) is 0 Å². The maximum Gasteiger partial charge on any atom is 0.330 e. The van der Waals surface area contributed by atoms with Crippen molar-refractivity contribution in [2.75, 3.05) is 0 Å². The number of H-pyrrole nitrogens is 1. The molecule has 0 spiro atoms. The van der Waals surface area contributed by atoms with Crippen molar-refractivity contribution in [2.45, 2.75) is 33.4 Å². The Balaban J connectivity index is 1.70. The predicted octanol–water partition coefficient (Wildman–Crippen LogP) is 3.19. The van der Waals surface area contributed by atoms with Crippen molar-refractivity contribution in [3.8, 4) is 11.4 Å². The number of para-hydroxylation sites is 1. The van der Waals surface area contributed by atoms with Gasteiger partial charge >= 0.3 is 5.69 Å². The standard InChI is InChI=1S/C21H23N3O3/c1-14(2)27-19-7-5-4-6-17(19)13-22-20(25)16-8-10-18(11-9-16)24-15(3)12-23-21(24)26/h4-12,14H,13H2,1-3H3,(H,22,25)(H,23,26). The highest BCUT2D eigenvalue weighted by Gasteiger charge is 2.10. The Kier molecular flexibility index (Phi) is 5.45. The van der Waals surface area contributed by atoms with Crippen LogP contribution in [-0.4, -0.2) is 21.6 Å². The average molecular weight is 365 g/mol. The van der Waals surface area contributed by atoms with Crippen LogP contribution in [0.15, 0.2) is 59.5 Å². The van der Waals surface area contributed by atoms with Crippen molar-refractivity contribution in [2.24, 2.45) is 0 Å². The maximum atomic E-state index is 12.5. The summed E-state index contributed by atoms with van der Waals surface area (Å²) in [5, 5.41) is 2.91. The SMILES string of the molecule is Cc1c[nH]c(=O)n1-c1ccc(C(=O)NCc2ccccc2OC(C)C)cc1. The summed E-state index contributed by atoms with van der Waals surface area (Å²) >= 11 is 0. The molecule has 0 unspecified atom stereocenters. The van der Waals surface area contributed by atoms with Gasteiger partial charge in [-0.1, -0.05) is 18.2 Å². The smallest absolute Gasteiger partial charge is 0.330 e. The summed E-state index contributed by atoms with van der Waals surface area (Å²) in [6.07, 6.45) is 1.72. The molecule has 0 aliphatic heterocycles. The normalized spacial score (nSPS) is 10.8. The van der Waals surface area contributed by atoms with Gasteiger partial charge in [0.05, 0.1) is 11.8 Å². The molecule has 1 aromatic heterocycles. The Morgan fingerprint density at radius 1 is 1.15 bits per heavy atom. The number of hydrogen-bond acceptors (Lipinski definition) is 3. The summed E-state index contributed by atoms with van der Waals surface area (Å²) in [7, 11) is 0. The van der Waals surface area contributed by atoms with Gasteiger partial charge in [0.1, 0.15) is 5.75 Å². The number of rotatable bonds is 6. The third kappa shape index (κ3) is 4.28. The van der Waals surface area contributed by atoms with Gasteiger partial charge in [-0.05, 0) is 51.1 Å². The van der Waals surface area contributed by atoms with E-state index in [9.17, 15) is 9.59 Å². The lowest BCUT2D eigenvalue weighted by molar-refractivity contribution is 0.0950. The van der Waals surface area contributed by atoms with Gasteiger partial charge in [0.2, 0.25) is 0 Å². The number of aryl methyl sites for hydroxylation is 1. The molecule has 2 N–H and O–H groups in total. The fraction of sp³-hybridized carbons (Fsp3) is 0.238. The molecular formula is C21H23N3O3. The summed E-state index contributed by atoms with van der Waals surface area (Å²) < 4.78 is 7.33. The molecule has 1 amide bonds. The van der Waals surface area contributed by atoms with E-state index in [1.54, 1.807) is 35.0 Å². The first-order chi connectivity index (χ1) is 13.0. The van der Waals surface area contributed by atoms with E-state index in [4.69, 9.17) is 4.74 Å². The van der Waals surface area contributed by atoms with E-state index in [-0.39, 0.29) is 17.7 Å². The number of aromatic nitrogens is 2.